The van der Waals surface area contributed by atoms with Crippen LogP contribution in [0.15, 0.2) is 30.5 Å². The topological polar surface area (TPSA) is 92.2 Å². The molecule has 2 N–H and O–H groups in total. The van der Waals surface area contributed by atoms with Gasteiger partial charge < -0.3 is 15.4 Å². The number of rotatable bonds is 2. The maximum absolute atomic E-state index is 11.5. The molecule has 0 saturated carbocycles. The molecule has 1 aliphatic rings. The Morgan fingerprint density at radius 2 is 2.27 bits per heavy atom. The highest BCUT2D eigenvalue weighted by molar-refractivity contribution is 5.95. The van der Waals surface area contributed by atoms with Crippen molar-refractivity contribution in [3.8, 4) is 6.07 Å². The second-order valence-electron chi connectivity index (χ2n) is 5.39. The summed E-state index contributed by atoms with van der Waals surface area (Å²) < 4.78 is 5.57. The Morgan fingerprint density at radius 1 is 1.45 bits per heavy atom. The zero-order valence-electron chi connectivity index (χ0n) is 12.2. The van der Waals surface area contributed by atoms with Crippen LogP contribution in [0.2, 0.25) is 0 Å². The summed E-state index contributed by atoms with van der Waals surface area (Å²) in [7, 11) is 0. The molecular formula is C16H16N4O2. The number of carbonyl (C=O) groups is 1. The van der Waals surface area contributed by atoms with Gasteiger partial charge in [0.25, 0.3) is 0 Å². The van der Waals surface area contributed by atoms with Crippen LogP contribution in [0.1, 0.15) is 12.5 Å². The number of morpholine rings is 1. The van der Waals surface area contributed by atoms with E-state index in [1.54, 1.807) is 12.3 Å². The third kappa shape index (κ3) is 2.47. The predicted molar refractivity (Wildman–Crippen MR) is 82.2 cm³/mol. The highest BCUT2D eigenvalue weighted by atomic mass is 16.5. The van der Waals surface area contributed by atoms with E-state index >= 15 is 0 Å². The molecule has 6 nitrogen and oxygen atoms in total. The first kappa shape index (κ1) is 14.3. The molecule has 0 aliphatic carbocycles. The van der Waals surface area contributed by atoms with Crippen molar-refractivity contribution < 1.29 is 9.53 Å². The largest absolute Gasteiger partial charge is 0.367 e. The fourth-order valence-electron chi connectivity index (χ4n) is 2.83. The molecule has 1 saturated heterocycles. The van der Waals surface area contributed by atoms with Crippen molar-refractivity contribution in [3.05, 3.63) is 36.0 Å². The SMILES string of the molecule is CC1CN(c2ccc(C#N)c3ncccc23)C[C@H](C(N)=O)O1. The summed E-state index contributed by atoms with van der Waals surface area (Å²) in [4.78, 5) is 17.8. The van der Waals surface area contributed by atoms with Gasteiger partial charge in [-0.25, -0.2) is 0 Å². The Labute approximate surface area is 128 Å². The van der Waals surface area contributed by atoms with Crippen LogP contribution in [-0.2, 0) is 9.53 Å². The lowest BCUT2D eigenvalue weighted by Crippen LogP contribution is -2.51. The number of nitriles is 1. The van der Waals surface area contributed by atoms with E-state index in [4.69, 9.17) is 10.5 Å². The number of ether oxygens (including phenoxy) is 1. The molecule has 3 rings (SSSR count). The summed E-state index contributed by atoms with van der Waals surface area (Å²) in [6, 6.07) is 9.56. The van der Waals surface area contributed by atoms with E-state index in [2.05, 4.69) is 16.0 Å². The van der Waals surface area contributed by atoms with Crippen molar-refractivity contribution in [2.24, 2.45) is 5.73 Å². The summed E-state index contributed by atoms with van der Waals surface area (Å²) in [6.07, 6.45) is 0.931. The summed E-state index contributed by atoms with van der Waals surface area (Å²) in [5.41, 5.74) is 7.51. The van der Waals surface area contributed by atoms with Crippen LogP contribution in [0.25, 0.3) is 10.9 Å². The van der Waals surface area contributed by atoms with E-state index in [0.29, 0.717) is 24.2 Å². The number of aromatic nitrogens is 1. The zero-order chi connectivity index (χ0) is 15.7. The quantitative estimate of drug-likeness (QED) is 0.898. The van der Waals surface area contributed by atoms with Gasteiger partial charge in [0.1, 0.15) is 6.07 Å². The van der Waals surface area contributed by atoms with Crippen LogP contribution in [0.4, 0.5) is 5.69 Å². The number of carbonyl (C=O) groups excluding carboxylic acids is 1. The van der Waals surface area contributed by atoms with Gasteiger partial charge in [0.05, 0.1) is 23.7 Å². The molecule has 2 heterocycles. The van der Waals surface area contributed by atoms with E-state index < -0.39 is 12.0 Å². The highest BCUT2D eigenvalue weighted by Gasteiger charge is 2.30. The minimum Gasteiger partial charge on any atom is -0.367 e. The number of hydrogen-bond donors (Lipinski definition) is 1. The van der Waals surface area contributed by atoms with Crippen molar-refractivity contribution in [1.29, 1.82) is 5.26 Å². The average Bonchev–Trinajstić information content (AvgIpc) is 2.53. The minimum absolute atomic E-state index is 0.103. The lowest BCUT2D eigenvalue weighted by Gasteiger charge is -2.37. The molecule has 0 radical (unpaired) electrons. The predicted octanol–water partition coefficient (Wildman–Crippen LogP) is 1.19. The maximum Gasteiger partial charge on any atom is 0.248 e. The summed E-state index contributed by atoms with van der Waals surface area (Å²) >= 11 is 0. The van der Waals surface area contributed by atoms with Crippen molar-refractivity contribution in [2.45, 2.75) is 19.1 Å². The van der Waals surface area contributed by atoms with Gasteiger partial charge >= 0.3 is 0 Å². The minimum atomic E-state index is -0.633. The van der Waals surface area contributed by atoms with Crippen molar-refractivity contribution in [1.82, 2.24) is 4.98 Å². The Hall–Kier alpha value is -2.65. The van der Waals surface area contributed by atoms with Crippen LogP contribution in [0.3, 0.4) is 0 Å². The van der Waals surface area contributed by atoms with E-state index in [1.165, 1.54) is 0 Å². The Balaban J connectivity index is 2.07. The number of fused-ring (bicyclic) bond motifs is 1. The van der Waals surface area contributed by atoms with Gasteiger partial charge in [-0.15, -0.1) is 0 Å². The Bertz CT molecular complexity index is 768. The van der Waals surface area contributed by atoms with Crippen LogP contribution < -0.4 is 10.6 Å². The lowest BCUT2D eigenvalue weighted by molar-refractivity contribution is -0.133. The molecule has 6 heteroatoms. The molecule has 1 aromatic heterocycles. The molecule has 1 unspecified atom stereocenters. The van der Waals surface area contributed by atoms with Gasteiger partial charge in [0.15, 0.2) is 6.10 Å². The van der Waals surface area contributed by atoms with Gasteiger partial charge in [-0.2, -0.15) is 5.26 Å². The Morgan fingerprint density at radius 3 is 3.00 bits per heavy atom. The number of benzene rings is 1. The second kappa shape index (κ2) is 5.62. The van der Waals surface area contributed by atoms with Gasteiger partial charge in [-0.1, -0.05) is 0 Å². The van der Waals surface area contributed by atoms with Gasteiger partial charge in [0, 0.05) is 23.8 Å². The van der Waals surface area contributed by atoms with Gasteiger partial charge in [-0.05, 0) is 31.2 Å². The third-order valence-corrected chi connectivity index (χ3v) is 3.79. The monoisotopic (exact) mass is 296 g/mol. The fraction of sp³-hybridized carbons (Fsp3) is 0.312. The molecular weight excluding hydrogens is 280 g/mol. The molecule has 1 aliphatic heterocycles. The molecule has 2 atom stereocenters. The first-order chi connectivity index (χ1) is 10.6. The average molecular weight is 296 g/mol. The number of nitrogens with zero attached hydrogens (tertiary/aromatic N) is 3. The molecule has 0 spiro atoms. The number of anilines is 1. The van der Waals surface area contributed by atoms with Gasteiger partial charge in [-0.3, -0.25) is 9.78 Å². The number of hydrogen-bond acceptors (Lipinski definition) is 5. The molecule has 112 valence electrons. The lowest BCUT2D eigenvalue weighted by atomic mass is 10.1. The van der Waals surface area contributed by atoms with Crippen molar-refractivity contribution >= 4 is 22.5 Å². The molecule has 22 heavy (non-hydrogen) atoms. The summed E-state index contributed by atoms with van der Waals surface area (Å²) in [6.45, 7) is 2.96. The molecule has 2 aromatic rings. The van der Waals surface area contributed by atoms with Crippen LogP contribution in [0.5, 0.6) is 0 Å². The number of nitrogens with two attached hydrogens (primary N) is 1. The number of pyridine rings is 1. The second-order valence-corrected chi connectivity index (χ2v) is 5.39. The van der Waals surface area contributed by atoms with Crippen LogP contribution >= 0.6 is 0 Å². The molecule has 1 fully saturated rings. The zero-order valence-corrected chi connectivity index (χ0v) is 12.2. The smallest absolute Gasteiger partial charge is 0.248 e. The van der Waals surface area contributed by atoms with Crippen molar-refractivity contribution in [2.75, 3.05) is 18.0 Å². The van der Waals surface area contributed by atoms with Crippen molar-refractivity contribution in [3.63, 3.8) is 0 Å². The summed E-state index contributed by atoms with van der Waals surface area (Å²) in [5.74, 6) is -0.465. The first-order valence-corrected chi connectivity index (χ1v) is 7.07. The number of primary amides is 1. The maximum atomic E-state index is 11.5. The van der Waals surface area contributed by atoms with E-state index in [9.17, 15) is 10.1 Å². The van der Waals surface area contributed by atoms with Crippen LogP contribution in [0, 0.1) is 11.3 Å². The van der Waals surface area contributed by atoms with E-state index in [0.717, 1.165) is 11.1 Å². The number of amides is 1. The van der Waals surface area contributed by atoms with Gasteiger partial charge in [0.2, 0.25) is 5.91 Å². The fourth-order valence-corrected chi connectivity index (χ4v) is 2.83. The molecule has 0 bridgehead atoms. The highest BCUT2D eigenvalue weighted by Crippen LogP contribution is 2.30. The van der Waals surface area contributed by atoms with E-state index in [1.807, 2.05) is 25.1 Å². The first-order valence-electron chi connectivity index (χ1n) is 7.07. The normalized spacial score (nSPS) is 21.5. The molecule has 1 aromatic carbocycles. The molecule has 1 amide bonds. The third-order valence-electron chi connectivity index (χ3n) is 3.79. The standard InChI is InChI=1S/C16H16N4O2/c1-10-8-20(9-14(22-10)16(18)21)13-5-4-11(7-17)15-12(13)3-2-6-19-15/h2-6,10,14H,8-9H2,1H3,(H2,18,21)/t10?,14-/m1/s1. The summed E-state index contributed by atoms with van der Waals surface area (Å²) in [5, 5.41) is 10.1. The Kier molecular flexibility index (Phi) is 3.65. The van der Waals surface area contributed by atoms with E-state index in [-0.39, 0.29) is 6.10 Å². The van der Waals surface area contributed by atoms with Crippen LogP contribution in [-0.4, -0.2) is 36.2 Å².